The molecule has 8 heavy (non-hydrogen) atoms. The second-order valence-corrected chi connectivity index (χ2v) is 2.28. The summed E-state index contributed by atoms with van der Waals surface area (Å²) in [6.07, 6.45) is 0. The summed E-state index contributed by atoms with van der Waals surface area (Å²) in [6, 6.07) is 0.604. The van der Waals surface area contributed by atoms with Gasteiger partial charge in [-0.2, -0.15) is 12.6 Å². The molecule has 0 aromatic carbocycles. The molecular weight excluding hydrogens is 142 g/mol. The van der Waals surface area contributed by atoms with Crippen molar-refractivity contribution in [1.82, 2.24) is 5.32 Å². The molecule has 0 fully saturated rings. The van der Waals surface area contributed by atoms with Crippen molar-refractivity contribution in [3.63, 3.8) is 0 Å². The van der Waals surface area contributed by atoms with Crippen molar-refractivity contribution in [3.8, 4) is 0 Å². The molecule has 0 aromatic rings. The van der Waals surface area contributed by atoms with Crippen LogP contribution in [0.4, 0.5) is 0 Å². The maximum Gasteiger partial charge on any atom is 0.00420 e. The molecule has 0 unspecified atom stereocenters. The molecule has 1 N–H and O–H groups in total. The molecule has 0 saturated heterocycles. The first-order chi connectivity index (χ1) is 3.27. The van der Waals surface area contributed by atoms with Gasteiger partial charge in [0.05, 0.1) is 0 Å². The Kier molecular flexibility index (Phi) is 10.8. The van der Waals surface area contributed by atoms with Crippen LogP contribution in [0.2, 0.25) is 0 Å². The SMILES string of the molecule is CC(C)NCCS.Cl. The van der Waals surface area contributed by atoms with Gasteiger partial charge in [0, 0.05) is 18.3 Å². The van der Waals surface area contributed by atoms with E-state index in [1.54, 1.807) is 0 Å². The molecule has 3 heteroatoms. The van der Waals surface area contributed by atoms with Gasteiger partial charge in [-0.15, -0.1) is 12.4 Å². The van der Waals surface area contributed by atoms with Crippen LogP contribution in [0.1, 0.15) is 13.8 Å². The quantitative estimate of drug-likeness (QED) is 0.587. The number of nitrogens with one attached hydrogen (secondary N) is 1. The molecule has 0 amide bonds. The number of hydrogen-bond acceptors (Lipinski definition) is 2. The van der Waals surface area contributed by atoms with Crippen LogP contribution in [0.15, 0.2) is 0 Å². The summed E-state index contributed by atoms with van der Waals surface area (Å²) < 4.78 is 0. The Balaban J connectivity index is 0. The topological polar surface area (TPSA) is 12.0 Å². The molecule has 0 heterocycles. The third kappa shape index (κ3) is 9.78. The lowest BCUT2D eigenvalue weighted by molar-refractivity contribution is 0.616. The van der Waals surface area contributed by atoms with Crippen molar-refractivity contribution in [1.29, 1.82) is 0 Å². The van der Waals surface area contributed by atoms with Gasteiger partial charge in [-0.25, -0.2) is 0 Å². The standard InChI is InChI=1S/C5H13NS.ClH/c1-5(2)6-3-4-7;/h5-7H,3-4H2,1-2H3;1H. The van der Waals surface area contributed by atoms with Gasteiger partial charge >= 0.3 is 0 Å². The monoisotopic (exact) mass is 155 g/mol. The van der Waals surface area contributed by atoms with Gasteiger partial charge < -0.3 is 5.32 Å². The zero-order chi connectivity index (χ0) is 5.70. The van der Waals surface area contributed by atoms with E-state index in [2.05, 4.69) is 31.8 Å². The van der Waals surface area contributed by atoms with E-state index in [0.717, 1.165) is 12.3 Å². The Hall–Kier alpha value is 0.600. The third-order valence-corrected chi connectivity index (χ3v) is 0.888. The Morgan fingerprint density at radius 2 is 2.00 bits per heavy atom. The van der Waals surface area contributed by atoms with Crippen LogP contribution >= 0.6 is 25.0 Å². The van der Waals surface area contributed by atoms with E-state index < -0.39 is 0 Å². The lowest BCUT2D eigenvalue weighted by atomic mass is 10.4. The normalized spacial score (nSPS) is 9.00. The summed E-state index contributed by atoms with van der Waals surface area (Å²) in [5, 5.41) is 3.22. The van der Waals surface area contributed by atoms with Crippen LogP contribution in [0, 0.1) is 0 Å². The maximum atomic E-state index is 4.03. The van der Waals surface area contributed by atoms with Crippen molar-refractivity contribution in [3.05, 3.63) is 0 Å². The highest BCUT2D eigenvalue weighted by molar-refractivity contribution is 7.80. The van der Waals surface area contributed by atoms with Crippen molar-refractivity contribution in [2.75, 3.05) is 12.3 Å². The minimum absolute atomic E-state index is 0. The highest BCUT2D eigenvalue weighted by Crippen LogP contribution is 1.75. The predicted molar refractivity (Wildman–Crippen MR) is 44.2 cm³/mol. The van der Waals surface area contributed by atoms with Crippen LogP contribution < -0.4 is 5.32 Å². The van der Waals surface area contributed by atoms with Crippen LogP contribution in [-0.4, -0.2) is 18.3 Å². The molecule has 0 aliphatic rings. The molecule has 0 aliphatic carbocycles. The van der Waals surface area contributed by atoms with Crippen molar-refractivity contribution >= 4 is 25.0 Å². The van der Waals surface area contributed by atoms with E-state index in [1.165, 1.54) is 0 Å². The van der Waals surface area contributed by atoms with Gasteiger partial charge in [-0.1, -0.05) is 13.8 Å². The highest BCUT2D eigenvalue weighted by Gasteiger charge is 1.85. The fourth-order valence-electron chi connectivity index (χ4n) is 0.353. The average Bonchev–Trinajstić information content (AvgIpc) is 1.61. The maximum absolute atomic E-state index is 4.03. The minimum Gasteiger partial charge on any atom is -0.314 e. The fraction of sp³-hybridized carbons (Fsp3) is 1.00. The lowest BCUT2D eigenvalue weighted by Crippen LogP contribution is -2.24. The second-order valence-electron chi connectivity index (χ2n) is 1.83. The van der Waals surface area contributed by atoms with E-state index in [1.807, 2.05) is 0 Å². The van der Waals surface area contributed by atoms with Gasteiger partial charge in [-0.3, -0.25) is 0 Å². The molecule has 0 saturated carbocycles. The lowest BCUT2D eigenvalue weighted by Gasteiger charge is -2.03. The van der Waals surface area contributed by atoms with E-state index >= 15 is 0 Å². The van der Waals surface area contributed by atoms with Crippen molar-refractivity contribution in [2.45, 2.75) is 19.9 Å². The summed E-state index contributed by atoms with van der Waals surface area (Å²) >= 11 is 4.03. The first-order valence-electron chi connectivity index (χ1n) is 2.61. The predicted octanol–water partition coefficient (Wildman–Crippen LogP) is 1.34. The minimum atomic E-state index is 0. The van der Waals surface area contributed by atoms with E-state index in [9.17, 15) is 0 Å². The third-order valence-electron chi connectivity index (χ3n) is 0.664. The number of thiol groups is 1. The van der Waals surface area contributed by atoms with Crippen LogP contribution in [-0.2, 0) is 0 Å². The number of rotatable bonds is 3. The Morgan fingerprint density at radius 1 is 1.50 bits per heavy atom. The number of halogens is 1. The van der Waals surface area contributed by atoms with Gasteiger partial charge in [-0.05, 0) is 0 Å². The molecule has 0 spiro atoms. The first-order valence-corrected chi connectivity index (χ1v) is 3.25. The molecule has 0 aliphatic heterocycles. The second kappa shape index (κ2) is 7.60. The molecule has 52 valence electrons. The van der Waals surface area contributed by atoms with Gasteiger partial charge in [0.15, 0.2) is 0 Å². The summed E-state index contributed by atoms with van der Waals surface area (Å²) in [5.74, 6) is 0.929. The summed E-state index contributed by atoms with van der Waals surface area (Å²) in [4.78, 5) is 0. The van der Waals surface area contributed by atoms with Crippen molar-refractivity contribution < 1.29 is 0 Å². The van der Waals surface area contributed by atoms with Gasteiger partial charge in [0.25, 0.3) is 0 Å². The smallest absolute Gasteiger partial charge is 0.00420 e. The summed E-state index contributed by atoms with van der Waals surface area (Å²) in [6.45, 7) is 5.27. The molecule has 0 aromatic heterocycles. The Morgan fingerprint density at radius 3 is 2.12 bits per heavy atom. The molecule has 0 rings (SSSR count). The first kappa shape index (κ1) is 11.4. The van der Waals surface area contributed by atoms with Gasteiger partial charge in [0.1, 0.15) is 0 Å². The fourth-order valence-corrected chi connectivity index (χ4v) is 0.482. The Labute approximate surface area is 63.1 Å². The Bertz CT molecular complexity index is 41.4. The van der Waals surface area contributed by atoms with Crippen LogP contribution in [0.5, 0.6) is 0 Å². The van der Waals surface area contributed by atoms with Crippen LogP contribution in [0.3, 0.4) is 0 Å². The molecule has 0 atom stereocenters. The summed E-state index contributed by atoms with van der Waals surface area (Å²) in [5.41, 5.74) is 0. The highest BCUT2D eigenvalue weighted by atomic mass is 35.5. The largest absolute Gasteiger partial charge is 0.314 e. The molecular formula is C5H14ClNS. The zero-order valence-electron chi connectivity index (χ0n) is 5.35. The molecule has 0 radical (unpaired) electrons. The van der Waals surface area contributed by atoms with Crippen LogP contribution in [0.25, 0.3) is 0 Å². The average molecular weight is 156 g/mol. The van der Waals surface area contributed by atoms with Crippen molar-refractivity contribution in [2.24, 2.45) is 0 Å². The van der Waals surface area contributed by atoms with E-state index in [-0.39, 0.29) is 12.4 Å². The van der Waals surface area contributed by atoms with Gasteiger partial charge in [0.2, 0.25) is 0 Å². The molecule has 1 nitrogen and oxygen atoms in total. The number of hydrogen-bond donors (Lipinski definition) is 2. The zero-order valence-corrected chi connectivity index (χ0v) is 7.06. The molecule has 0 bridgehead atoms. The van der Waals surface area contributed by atoms with E-state index in [4.69, 9.17) is 0 Å². The summed E-state index contributed by atoms with van der Waals surface area (Å²) in [7, 11) is 0. The van der Waals surface area contributed by atoms with E-state index in [0.29, 0.717) is 6.04 Å².